The van der Waals surface area contributed by atoms with Crippen LogP contribution < -0.4 is 16.4 Å². The zero-order valence-electron chi connectivity index (χ0n) is 16.0. The molecule has 2 aliphatic heterocycles. The Kier molecular flexibility index (Phi) is 4.35. The number of benzene rings is 1. The van der Waals surface area contributed by atoms with Crippen molar-refractivity contribution in [2.45, 2.75) is 57.8 Å². The smallest absolute Gasteiger partial charge is 0.262 e. The van der Waals surface area contributed by atoms with E-state index in [4.69, 9.17) is 5.73 Å². The average molecular weight is 384 g/mol. The molecule has 8 heteroatoms. The lowest BCUT2D eigenvalue weighted by Gasteiger charge is -2.50. The third-order valence-electron chi connectivity index (χ3n) is 6.40. The zero-order valence-corrected chi connectivity index (χ0v) is 16.0. The summed E-state index contributed by atoms with van der Waals surface area (Å²) in [5.74, 6) is -1.96. The summed E-state index contributed by atoms with van der Waals surface area (Å²) in [7, 11) is 0. The second-order valence-corrected chi connectivity index (χ2v) is 8.42. The van der Waals surface area contributed by atoms with Crippen molar-refractivity contribution in [3.05, 3.63) is 34.9 Å². The molecule has 28 heavy (non-hydrogen) atoms. The van der Waals surface area contributed by atoms with Crippen LogP contribution in [0.5, 0.6) is 0 Å². The summed E-state index contributed by atoms with van der Waals surface area (Å²) in [6, 6.07) is 4.69. The Hall–Kier alpha value is -2.58. The lowest BCUT2D eigenvalue weighted by atomic mass is 9.63. The highest BCUT2D eigenvalue weighted by Crippen LogP contribution is 2.39. The predicted molar refractivity (Wildman–Crippen MR) is 100 cm³/mol. The molecule has 0 spiro atoms. The number of amides is 4. The first-order valence-electron chi connectivity index (χ1n) is 9.53. The first-order valence-corrected chi connectivity index (χ1v) is 9.53. The molecular weight excluding hydrogens is 360 g/mol. The van der Waals surface area contributed by atoms with Crippen molar-refractivity contribution in [3.8, 4) is 0 Å². The van der Waals surface area contributed by atoms with Crippen LogP contribution in [0, 0.1) is 5.41 Å². The van der Waals surface area contributed by atoms with Crippen molar-refractivity contribution in [1.29, 1.82) is 0 Å². The topological polar surface area (TPSA) is 122 Å². The number of nitrogens with zero attached hydrogens (tertiary/aromatic N) is 1. The number of fused-ring (bicyclic) bond motifs is 1. The van der Waals surface area contributed by atoms with Gasteiger partial charge in [0.05, 0.1) is 11.1 Å². The van der Waals surface area contributed by atoms with Crippen LogP contribution in [0.4, 0.5) is 0 Å². The Balaban J connectivity index is 1.50. The number of rotatable bonds is 4. The molecule has 3 aliphatic rings. The van der Waals surface area contributed by atoms with Gasteiger partial charge in [0, 0.05) is 25.0 Å². The molecule has 148 valence electrons. The molecule has 2 fully saturated rings. The number of imide groups is 2. The first-order chi connectivity index (χ1) is 13.2. The van der Waals surface area contributed by atoms with Crippen LogP contribution in [0.3, 0.4) is 0 Å². The van der Waals surface area contributed by atoms with Crippen LogP contribution in [0.1, 0.15) is 59.4 Å². The van der Waals surface area contributed by atoms with Gasteiger partial charge in [-0.1, -0.05) is 19.9 Å². The maximum Gasteiger partial charge on any atom is 0.262 e. The van der Waals surface area contributed by atoms with Gasteiger partial charge in [-0.15, -0.1) is 0 Å². The Labute approximate surface area is 162 Å². The fourth-order valence-electron chi connectivity index (χ4n) is 4.17. The largest absolute Gasteiger partial charge is 0.327 e. The second kappa shape index (κ2) is 6.49. The number of carbonyl (C=O) groups is 4. The average Bonchev–Trinajstić information content (AvgIpc) is 2.89. The normalized spacial score (nSPS) is 28.8. The predicted octanol–water partition coefficient (Wildman–Crippen LogP) is 0.303. The fourth-order valence-corrected chi connectivity index (χ4v) is 4.17. The SMILES string of the molecule is CC1(C)C(N)CC1NCc1ccc2c(c1)C(=O)N(C1CCC(=O)NC1=O)C2=O. The minimum absolute atomic E-state index is 0.0189. The van der Waals surface area contributed by atoms with E-state index in [0.717, 1.165) is 16.9 Å². The van der Waals surface area contributed by atoms with Gasteiger partial charge in [0.25, 0.3) is 11.8 Å². The van der Waals surface area contributed by atoms with E-state index in [-0.39, 0.29) is 30.2 Å². The highest BCUT2D eigenvalue weighted by molar-refractivity contribution is 6.23. The summed E-state index contributed by atoms with van der Waals surface area (Å²) in [4.78, 5) is 50.0. The van der Waals surface area contributed by atoms with Crippen molar-refractivity contribution in [1.82, 2.24) is 15.5 Å². The molecule has 4 amide bonds. The number of nitrogens with two attached hydrogens (primary N) is 1. The van der Waals surface area contributed by atoms with Gasteiger partial charge in [-0.25, -0.2) is 0 Å². The standard InChI is InChI=1S/C20H24N4O4/c1-20(2)14(21)8-15(20)22-9-10-3-4-11-12(7-10)19(28)24(18(11)27)13-5-6-16(25)23-17(13)26/h3-4,7,13-15,22H,5-6,8-9,21H2,1-2H3,(H,23,25,26). The van der Waals surface area contributed by atoms with Crippen LogP contribution in [0.25, 0.3) is 0 Å². The van der Waals surface area contributed by atoms with Crippen molar-refractivity contribution in [3.63, 3.8) is 0 Å². The van der Waals surface area contributed by atoms with Crippen molar-refractivity contribution >= 4 is 23.6 Å². The maximum absolute atomic E-state index is 12.8. The van der Waals surface area contributed by atoms with Gasteiger partial charge in [-0.2, -0.15) is 0 Å². The molecule has 3 atom stereocenters. The van der Waals surface area contributed by atoms with Gasteiger partial charge < -0.3 is 11.1 Å². The molecule has 0 bridgehead atoms. The summed E-state index contributed by atoms with van der Waals surface area (Å²) in [6.07, 6.45) is 1.17. The molecule has 1 aromatic rings. The summed E-state index contributed by atoms with van der Waals surface area (Å²) < 4.78 is 0. The van der Waals surface area contributed by atoms with Gasteiger partial charge in [-0.05, 0) is 36.0 Å². The Morgan fingerprint density at radius 1 is 1.18 bits per heavy atom. The summed E-state index contributed by atoms with van der Waals surface area (Å²) in [5, 5.41) is 5.67. The highest BCUT2D eigenvalue weighted by Gasteiger charge is 2.46. The van der Waals surface area contributed by atoms with Crippen LogP contribution >= 0.6 is 0 Å². The number of nitrogens with one attached hydrogen (secondary N) is 2. The monoisotopic (exact) mass is 384 g/mol. The van der Waals surface area contributed by atoms with Crippen LogP contribution in [0.2, 0.25) is 0 Å². The first kappa shape index (κ1) is 18.8. The molecule has 1 saturated heterocycles. The van der Waals surface area contributed by atoms with Crippen LogP contribution in [-0.2, 0) is 16.1 Å². The number of hydrogen-bond acceptors (Lipinski definition) is 6. The van der Waals surface area contributed by atoms with Crippen LogP contribution in [0.15, 0.2) is 18.2 Å². The maximum atomic E-state index is 12.8. The van der Waals surface area contributed by atoms with Crippen molar-refractivity contribution in [2.24, 2.45) is 11.1 Å². The second-order valence-electron chi connectivity index (χ2n) is 8.42. The van der Waals surface area contributed by atoms with E-state index in [0.29, 0.717) is 23.7 Å². The number of carbonyl (C=O) groups excluding carboxylic acids is 4. The van der Waals surface area contributed by atoms with Crippen LogP contribution in [-0.4, -0.2) is 46.7 Å². The molecule has 1 saturated carbocycles. The Morgan fingerprint density at radius 3 is 2.54 bits per heavy atom. The van der Waals surface area contributed by atoms with Crippen molar-refractivity contribution in [2.75, 3.05) is 0 Å². The lowest BCUT2D eigenvalue weighted by Crippen LogP contribution is -2.63. The number of piperidine rings is 1. The molecule has 0 radical (unpaired) electrons. The minimum atomic E-state index is -0.941. The molecule has 1 aromatic carbocycles. The molecule has 8 nitrogen and oxygen atoms in total. The summed E-state index contributed by atoms with van der Waals surface area (Å²) >= 11 is 0. The molecule has 0 aromatic heterocycles. The number of hydrogen-bond donors (Lipinski definition) is 3. The van der Waals surface area contributed by atoms with Gasteiger partial charge in [0.2, 0.25) is 11.8 Å². The molecule has 4 N–H and O–H groups in total. The molecule has 4 rings (SSSR count). The zero-order chi connectivity index (χ0) is 20.2. The molecule has 2 heterocycles. The van der Waals surface area contributed by atoms with E-state index in [1.54, 1.807) is 12.1 Å². The Bertz CT molecular complexity index is 894. The third kappa shape index (κ3) is 2.84. The summed E-state index contributed by atoms with van der Waals surface area (Å²) in [6.45, 7) is 4.82. The minimum Gasteiger partial charge on any atom is -0.327 e. The highest BCUT2D eigenvalue weighted by atomic mass is 16.2. The lowest BCUT2D eigenvalue weighted by molar-refractivity contribution is -0.136. The third-order valence-corrected chi connectivity index (χ3v) is 6.40. The quantitative estimate of drug-likeness (QED) is 0.642. The van der Waals surface area contributed by atoms with Gasteiger partial charge in [0.1, 0.15) is 6.04 Å². The van der Waals surface area contributed by atoms with E-state index in [1.165, 1.54) is 0 Å². The van der Waals surface area contributed by atoms with E-state index in [2.05, 4.69) is 24.5 Å². The Morgan fingerprint density at radius 2 is 1.89 bits per heavy atom. The summed E-state index contributed by atoms with van der Waals surface area (Å²) in [5.41, 5.74) is 7.56. The fraction of sp³-hybridized carbons (Fsp3) is 0.500. The van der Waals surface area contributed by atoms with E-state index in [9.17, 15) is 19.2 Å². The van der Waals surface area contributed by atoms with Gasteiger partial charge in [-0.3, -0.25) is 29.4 Å². The van der Waals surface area contributed by atoms with E-state index < -0.39 is 23.8 Å². The van der Waals surface area contributed by atoms with Crippen molar-refractivity contribution < 1.29 is 19.2 Å². The van der Waals surface area contributed by atoms with E-state index in [1.807, 2.05) is 6.07 Å². The van der Waals surface area contributed by atoms with E-state index >= 15 is 0 Å². The van der Waals surface area contributed by atoms with Gasteiger partial charge >= 0.3 is 0 Å². The molecule has 3 unspecified atom stereocenters. The molecule has 1 aliphatic carbocycles. The van der Waals surface area contributed by atoms with Gasteiger partial charge in [0.15, 0.2) is 0 Å². The molecular formula is C20H24N4O4.